The number of amides is 1. The molecule has 0 aliphatic heterocycles. The van der Waals surface area contributed by atoms with Gasteiger partial charge in [0.2, 0.25) is 5.91 Å². The zero-order valence-electron chi connectivity index (χ0n) is 13.6. The molecule has 0 saturated carbocycles. The molecule has 3 aromatic rings. The molecule has 0 atom stereocenters. The number of hydrogen-bond donors (Lipinski definition) is 1. The first-order valence-electron chi connectivity index (χ1n) is 7.73. The van der Waals surface area contributed by atoms with Crippen molar-refractivity contribution < 1.29 is 18.0 Å². The number of halogens is 3. The Hall–Kier alpha value is -2.68. The van der Waals surface area contributed by atoms with Crippen molar-refractivity contribution in [2.75, 3.05) is 5.32 Å². The average Bonchev–Trinajstić information content (AvgIpc) is 3.01. The van der Waals surface area contributed by atoms with Gasteiger partial charge in [-0.25, -0.2) is 4.98 Å². The van der Waals surface area contributed by atoms with Crippen LogP contribution in [-0.4, -0.2) is 15.5 Å². The van der Waals surface area contributed by atoms with Gasteiger partial charge < -0.3 is 5.32 Å². The normalized spacial score (nSPS) is 11.7. The third-order valence-electron chi connectivity index (χ3n) is 3.73. The second-order valence-corrected chi connectivity index (χ2v) is 6.70. The van der Waals surface area contributed by atoms with Crippen molar-refractivity contribution >= 4 is 33.1 Å². The zero-order valence-corrected chi connectivity index (χ0v) is 14.4. The molecule has 0 saturated heterocycles. The number of nitrogens with one attached hydrogen (secondary N) is 1. The number of aromatic nitrogens is 2. The van der Waals surface area contributed by atoms with E-state index in [9.17, 15) is 22.8 Å². The molecule has 1 amide bonds. The summed E-state index contributed by atoms with van der Waals surface area (Å²) in [6.07, 6.45) is -2.35. The van der Waals surface area contributed by atoms with Crippen LogP contribution in [-0.2, 0) is 23.9 Å². The summed E-state index contributed by atoms with van der Waals surface area (Å²) in [6.45, 7) is 1.70. The monoisotopic (exact) mass is 381 g/mol. The van der Waals surface area contributed by atoms with E-state index in [0.717, 1.165) is 35.6 Å². The average molecular weight is 381 g/mol. The van der Waals surface area contributed by atoms with Crippen LogP contribution in [0.4, 0.5) is 18.9 Å². The maximum absolute atomic E-state index is 12.5. The molecule has 0 spiro atoms. The molecule has 5 nitrogen and oxygen atoms in total. The SMILES string of the molecule is CCc1cc2c(=O)n(CC(=O)Nc3ccc(C(F)(F)F)cc3)cnc2s1. The predicted octanol–water partition coefficient (Wildman–Crippen LogP) is 3.68. The summed E-state index contributed by atoms with van der Waals surface area (Å²) in [7, 11) is 0. The lowest BCUT2D eigenvalue weighted by molar-refractivity contribution is -0.137. The lowest BCUT2D eigenvalue weighted by atomic mass is 10.2. The van der Waals surface area contributed by atoms with E-state index in [4.69, 9.17) is 0 Å². The van der Waals surface area contributed by atoms with E-state index in [0.29, 0.717) is 10.2 Å². The van der Waals surface area contributed by atoms with Crippen LogP contribution in [0.3, 0.4) is 0 Å². The summed E-state index contributed by atoms with van der Waals surface area (Å²) >= 11 is 1.43. The third-order valence-corrected chi connectivity index (χ3v) is 4.91. The maximum Gasteiger partial charge on any atom is 0.416 e. The lowest BCUT2D eigenvalue weighted by Crippen LogP contribution is -2.27. The number of carbonyl (C=O) groups excluding carboxylic acids is 1. The largest absolute Gasteiger partial charge is 0.416 e. The number of anilines is 1. The van der Waals surface area contributed by atoms with Crippen LogP contribution in [0.2, 0.25) is 0 Å². The van der Waals surface area contributed by atoms with Gasteiger partial charge in [0.15, 0.2) is 0 Å². The van der Waals surface area contributed by atoms with Crippen molar-refractivity contribution in [3.05, 3.63) is 57.5 Å². The van der Waals surface area contributed by atoms with Crippen molar-refractivity contribution in [3.8, 4) is 0 Å². The molecule has 2 heterocycles. The minimum atomic E-state index is -4.44. The molecule has 0 aliphatic carbocycles. The van der Waals surface area contributed by atoms with Crippen LogP contribution in [0, 0.1) is 0 Å². The fourth-order valence-corrected chi connectivity index (χ4v) is 3.32. The Morgan fingerprint density at radius 3 is 2.58 bits per heavy atom. The van der Waals surface area contributed by atoms with Gasteiger partial charge in [0, 0.05) is 10.6 Å². The summed E-state index contributed by atoms with van der Waals surface area (Å²) in [4.78, 5) is 30.3. The highest BCUT2D eigenvalue weighted by atomic mass is 32.1. The summed E-state index contributed by atoms with van der Waals surface area (Å²) < 4.78 is 38.8. The number of thiophene rings is 1. The number of aryl methyl sites for hydroxylation is 1. The van der Waals surface area contributed by atoms with Crippen molar-refractivity contribution in [2.24, 2.45) is 0 Å². The summed E-state index contributed by atoms with van der Waals surface area (Å²) in [5, 5.41) is 2.92. The second-order valence-electron chi connectivity index (χ2n) is 5.59. The van der Waals surface area contributed by atoms with Gasteiger partial charge in [0.1, 0.15) is 11.4 Å². The van der Waals surface area contributed by atoms with Gasteiger partial charge in [0.05, 0.1) is 17.3 Å². The number of alkyl halides is 3. The van der Waals surface area contributed by atoms with E-state index in [-0.39, 0.29) is 17.8 Å². The van der Waals surface area contributed by atoms with Gasteiger partial charge in [-0.05, 0) is 36.8 Å². The molecular weight excluding hydrogens is 367 g/mol. The Bertz CT molecular complexity index is 1010. The minimum Gasteiger partial charge on any atom is -0.325 e. The Balaban J connectivity index is 1.75. The molecule has 1 N–H and O–H groups in total. The van der Waals surface area contributed by atoms with Crippen LogP contribution in [0.1, 0.15) is 17.4 Å². The Morgan fingerprint density at radius 2 is 1.96 bits per heavy atom. The van der Waals surface area contributed by atoms with E-state index in [1.807, 2.05) is 6.92 Å². The molecule has 0 aliphatic rings. The Morgan fingerprint density at radius 1 is 1.27 bits per heavy atom. The molecule has 0 fully saturated rings. The first kappa shape index (κ1) is 18.1. The topological polar surface area (TPSA) is 64.0 Å². The fraction of sp³-hybridized carbons (Fsp3) is 0.235. The van der Waals surface area contributed by atoms with Crippen LogP contribution < -0.4 is 10.9 Å². The van der Waals surface area contributed by atoms with Crippen molar-refractivity contribution in [1.29, 1.82) is 0 Å². The van der Waals surface area contributed by atoms with Gasteiger partial charge in [0.25, 0.3) is 5.56 Å². The number of benzene rings is 1. The van der Waals surface area contributed by atoms with E-state index >= 15 is 0 Å². The number of nitrogens with zero attached hydrogens (tertiary/aromatic N) is 2. The van der Waals surface area contributed by atoms with E-state index in [1.165, 1.54) is 22.2 Å². The van der Waals surface area contributed by atoms with E-state index in [1.54, 1.807) is 6.07 Å². The van der Waals surface area contributed by atoms with Gasteiger partial charge in [-0.3, -0.25) is 14.2 Å². The highest BCUT2D eigenvalue weighted by Gasteiger charge is 2.30. The van der Waals surface area contributed by atoms with E-state index < -0.39 is 17.6 Å². The zero-order chi connectivity index (χ0) is 18.9. The van der Waals surface area contributed by atoms with Crippen LogP contribution >= 0.6 is 11.3 Å². The molecule has 3 rings (SSSR count). The molecule has 0 radical (unpaired) electrons. The first-order valence-corrected chi connectivity index (χ1v) is 8.54. The second kappa shape index (κ2) is 6.91. The third kappa shape index (κ3) is 3.77. The van der Waals surface area contributed by atoms with Crippen molar-refractivity contribution in [1.82, 2.24) is 9.55 Å². The fourth-order valence-electron chi connectivity index (χ4n) is 2.39. The van der Waals surface area contributed by atoms with Crippen LogP contribution in [0.15, 0.2) is 41.5 Å². The molecule has 9 heteroatoms. The number of fused-ring (bicyclic) bond motifs is 1. The quantitative estimate of drug-likeness (QED) is 0.750. The number of rotatable bonds is 4. The van der Waals surface area contributed by atoms with Crippen LogP contribution in [0.5, 0.6) is 0 Å². The Kier molecular flexibility index (Phi) is 4.82. The Labute approximate surface area is 150 Å². The molecular formula is C17H14F3N3O2S. The van der Waals surface area contributed by atoms with Crippen molar-refractivity contribution in [2.45, 2.75) is 26.1 Å². The maximum atomic E-state index is 12.5. The number of carbonyl (C=O) groups is 1. The van der Waals surface area contributed by atoms with Gasteiger partial charge in [-0.1, -0.05) is 6.92 Å². The summed E-state index contributed by atoms with van der Waals surface area (Å²) in [5.74, 6) is -0.529. The van der Waals surface area contributed by atoms with Crippen molar-refractivity contribution in [3.63, 3.8) is 0 Å². The van der Waals surface area contributed by atoms with Crippen LogP contribution in [0.25, 0.3) is 10.2 Å². The predicted molar refractivity (Wildman–Crippen MR) is 93.3 cm³/mol. The molecule has 0 bridgehead atoms. The van der Waals surface area contributed by atoms with E-state index in [2.05, 4.69) is 10.3 Å². The standard InChI is InChI=1S/C17H14F3N3O2S/c1-2-12-7-13-15(26-12)21-9-23(16(13)25)8-14(24)22-11-5-3-10(4-6-11)17(18,19)20/h3-7,9H,2,8H2,1H3,(H,22,24). The van der Waals surface area contributed by atoms with Gasteiger partial charge in [-0.2, -0.15) is 13.2 Å². The summed E-state index contributed by atoms with van der Waals surface area (Å²) in [6, 6.07) is 5.86. The summed E-state index contributed by atoms with van der Waals surface area (Å²) in [5.41, 5.74) is -0.909. The molecule has 1 aromatic carbocycles. The molecule has 136 valence electrons. The molecule has 26 heavy (non-hydrogen) atoms. The molecule has 2 aromatic heterocycles. The van der Waals surface area contributed by atoms with Gasteiger partial charge >= 0.3 is 6.18 Å². The first-order chi connectivity index (χ1) is 12.3. The lowest BCUT2D eigenvalue weighted by Gasteiger charge is -2.09. The highest BCUT2D eigenvalue weighted by Crippen LogP contribution is 2.29. The minimum absolute atomic E-state index is 0.217. The number of hydrogen-bond acceptors (Lipinski definition) is 4. The highest BCUT2D eigenvalue weighted by molar-refractivity contribution is 7.18. The molecule has 0 unspecified atom stereocenters. The smallest absolute Gasteiger partial charge is 0.325 e. The van der Waals surface area contributed by atoms with Gasteiger partial charge in [-0.15, -0.1) is 11.3 Å².